The predicted molar refractivity (Wildman–Crippen MR) is 78.6 cm³/mol. The number of hydrogen-bond acceptors (Lipinski definition) is 3. The Hall–Kier alpha value is -3.05. The van der Waals surface area contributed by atoms with Crippen LogP contribution in [0.4, 0.5) is 26.3 Å². The van der Waals surface area contributed by atoms with E-state index in [0.29, 0.717) is 30.7 Å². The second-order valence-electron chi connectivity index (χ2n) is 4.75. The molecule has 1 amide bonds. The van der Waals surface area contributed by atoms with Gasteiger partial charge in [-0.25, -0.2) is 9.59 Å². The highest BCUT2D eigenvalue weighted by Gasteiger charge is 2.36. The number of amides is 1. The van der Waals surface area contributed by atoms with Crippen molar-refractivity contribution in [1.82, 2.24) is 5.32 Å². The van der Waals surface area contributed by atoms with Crippen LogP contribution in [-0.4, -0.2) is 35.1 Å². The van der Waals surface area contributed by atoms with Crippen LogP contribution >= 0.6 is 0 Å². The summed E-state index contributed by atoms with van der Waals surface area (Å²) in [5.74, 6) is -2.51. The highest BCUT2D eigenvalue weighted by molar-refractivity contribution is 5.89. The Morgan fingerprint density at radius 2 is 1.30 bits per heavy atom. The number of nitrogens with one attached hydrogen (secondary N) is 1. The van der Waals surface area contributed by atoms with Crippen molar-refractivity contribution in [2.24, 2.45) is 0 Å². The van der Waals surface area contributed by atoms with E-state index < -0.39 is 35.4 Å². The Balaban J connectivity index is 0.000000713. The van der Waals surface area contributed by atoms with Crippen LogP contribution in [0, 0.1) is 0 Å². The fraction of sp³-hybridized carbons (Fsp3) is 0.267. The van der Waals surface area contributed by atoms with E-state index >= 15 is 0 Å². The van der Waals surface area contributed by atoms with Gasteiger partial charge >= 0.3 is 24.3 Å². The van der Waals surface area contributed by atoms with Gasteiger partial charge in [-0.05, 0) is 30.2 Å². The summed E-state index contributed by atoms with van der Waals surface area (Å²) in [6.45, 7) is -0.0396. The molecule has 12 heteroatoms. The van der Waals surface area contributed by atoms with Gasteiger partial charge in [-0.2, -0.15) is 26.3 Å². The van der Waals surface area contributed by atoms with Gasteiger partial charge in [0.25, 0.3) is 0 Å². The number of aliphatic carboxylic acids is 2. The van der Waals surface area contributed by atoms with Crippen LogP contribution in [0.2, 0.25) is 0 Å². The van der Waals surface area contributed by atoms with Gasteiger partial charge in [0.15, 0.2) is 0 Å². The minimum Gasteiger partial charge on any atom is -0.478 e. The second kappa shape index (κ2) is 10.2. The van der Waals surface area contributed by atoms with Crippen molar-refractivity contribution < 1.29 is 50.9 Å². The molecule has 0 radical (unpaired) electrons. The molecule has 0 aliphatic heterocycles. The molecule has 0 bridgehead atoms. The van der Waals surface area contributed by atoms with Gasteiger partial charge in [-0.15, -0.1) is 0 Å². The lowest BCUT2D eigenvalue weighted by Crippen LogP contribution is -2.16. The predicted octanol–water partition coefficient (Wildman–Crippen LogP) is 2.72. The molecular weight excluding hydrogens is 388 g/mol. The summed E-state index contributed by atoms with van der Waals surface area (Å²) >= 11 is 0. The molecule has 3 N–H and O–H groups in total. The van der Waals surface area contributed by atoms with E-state index in [1.54, 1.807) is 0 Å². The van der Waals surface area contributed by atoms with Gasteiger partial charge in [0, 0.05) is 18.7 Å². The van der Waals surface area contributed by atoms with E-state index in [9.17, 15) is 40.7 Å². The van der Waals surface area contributed by atoms with Crippen LogP contribution in [0.1, 0.15) is 16.7 Å². The first-order valence-corrected chi connectivity index (χ1v) is 6.86. The van der Waals surface area contributed by atoms with E-state index in [1.807, 2.05) is 0 Å². The molecule has 150 valence electrons. The summed E-state index contributed by atoms with van der Waals surface area (Å²) in [7, 11) is 0. The van der Waals surface area contributed by atoms with Crippen LogP contribution < -0.4 is 5.32 Å². The zero-order valence-electron chi connectivity index (χ0n) is 13.3. The van der Waals surface area contributed by atoms with Crippen molar-refractivity contribution in [3.8, 4) is 0 Å². The maximum atomic E-state index is 12.5. The van der Waals surface area contributed by atoms with E-state index in [0.717, 1.165) is 0 Å². The molecule has 27 heavy (non-hydrogen) atoms. The van der Waals surface area contributed by atoms with Gasteiger partial charge in [0.1, 0.15) is 0 Å². The molecular formula is C15H13F6NO5. The molecule has 1 rings (SSSR count). The molecule has 0 spiro atoms. The number of carbonyl (C=O) groups is 3. The van der Waals surface area contributed by atoms with E-state index in [-0.39, 0.29) is 24.6 Å². The molecule has 1 aromatic rings. The molecule has 0 saturated carbocycles. The van der Waals surface area contributed by atoms with Crippen molar-refractivity contribution in [3.63, 3.8) is 0 Å². The van der Waals surface area contributed by atoms with Crippen molar-refractivity contribution in [3.05, 3.63) is 47.0 Å². The molecule has 0 aliphatic rings. The molecule has 0 aromatic heterocycles. The SMILES string of the molecule is O=C(O)/C=C\C(=O)O.O=CNCCc1cc(C(F)(F)F)cc(C(F)(F)F)c1. The largest absolute Gasteiger partial charge is 0.478 e. The van der Waals surface area contributed by atoms with E-state index in [1.165, 1.54) is 0 Å². The third-order valence-corrected chi connectivity index (χ3v) is 2.66. The van der Waals surface area contributed by atoms with Crippen LogP contribution in [-0.2, 0) is 33.2 Å². The Morgan fingerprint density at radius 3 is 1.59 bits per heavy atom. The number of carboxylic acids is 2. The summed E-state index contributed by atoms with van der Waals surface area (Å²) in [6, 6.07) is 1.35. The van der Waals surface area contributed by atoms with E-state index in [2.05, 4.69) is 5.32 Å². The smallest absolute Gasteiger partial charge is 0.416 e. The lowest BCUT2D eigenvalue weighted by Gasteiger charge is -2.14. The zero-order chi connectivity index (χ0) is 21.3. The zero-order valence-corrected chi connectivity index (χ0v) is 13.3. The minimum absolute atomic E-state index is 0.0396. The average Bonchev–Trinajstić information content (AvgIpc) is 2.52. The number of halogens is 6. The molecule has 0 unspecified atom stereocenters. The van der Waals surface area contributed by atoms with Gasteiger partial charge < -0.3 is 15.5 Å². The number of carboxylic acid groups (broad SMARTS) is 2. The number of alkyl halides is 6. The Kier molecular flexibility index (Phi) is 9.03. The summed E-state index contributed by atoms with van der Waals surface area (Å²) < 4.78 is 74.9. The van der Waals surface area contributed by atoms with Gasteiger partial charge in [0.05, 0.1) is 11.1 Å². The first kappa shape index (κ1) is 24.0. The second-order valence-corrected chi connectivity index (χ2v) is 4.75. The first-order valence-electron chi connectivity index (χ1n) is 6.86. The fourth-order valence-electron chi connectivity index (χ4n) is 1.58. The molecule has 6 nitrogen and oxygen atoms in total. The standard InChI is InChI=1S/C11H9F6NO.C4H4O4/c12-10(13,14)8-3-7(1-2-18-6-19)4-9(5-8)11(15,16)17;5-3(6)1-2-4(7)8/h3-6H,1-2H2,(H,18,19);1-2H,(H,5,6)(H,7,8)/b;2-1-. The Labute approximate surface area is 148 Å². The lowest BCUT2D eigenvalue weighted by molar-refractivity contribution is -0.143. The molecule has 1 aromatic carbocycles. The molecule has 0 aliphatic carbocycles. The summed E-state index contributed by atoms with van der Waals surface area (Å²) in [5.41, 5.74) is -2.86. The lowest BCUT2D eigenvalue weighted by atomic mass is 10.0. The summed E-state index contributed by atoms with van der Waals surface area (Å²) in [6.07, 6.45) is -8.39. The van der Waals surface area contributed by atoms with Crippen LogP contribution in [0.5, 0.6) is 0 Å². The van der Waals surface area contributed by atoms with Gasteiger partial charge in [-0.1, -0.05) is 0 Å². The maximum Gasteiger partial charge on any atom is 0.416 e. The van der Waals surface area contributed by atoms with Crippen molar-refractivity contribution in [1.29, 1.82) is 0 Å². The first-order chi connectivity index (χ1) is 12.3. The Bertz CT molecular complexity index is 649. The maximum absolute atomic E-state index is 12.5. The van der Waals surface area contributed by atoms with Crippen molar-refractivity contribution in [2.75, 3.05) is 6.54 Å². The number of rotatable bonds is 6. The number of benzene rings is 1. The molecule has 0 heterocycles. The monoisotopic (exact) mass is 401 g/mol. The fourth-order valence-corrected chi connectivity index (χ4v) is 1.58. The Morgan fingerprint density at radius 1 is 0.889 bits per heavy atom. The highest BCUT2D eigenvalue weighted by atomic mass is 19.4. The van der Waals surface area contributed by atoms with Gasteiger partial charge in [-0.3, -0.25) is 4.79 Å². The third kappa shape index (κ3) is 10.5. The van der Waals surface area contributed by atoms with Crippen LogP contribution in [0.25, 0.3) is 0 Å². The summed E-state index contributed by atoms with van der Waals surface area (Å²) in [5, 5.41) is 17.8. The molecule has 0 fully saturated rings. The minimum atomic E-state index is -4.85. The van der Waals surface area contributed by atoms with Crippen LogP contribution in [0.3, 0.4) is 0 Å². The third-order valence-electron chi connectivity index (χ3n) is 2.66. The van der Waals surface area contributed by atoms with Crippen LogP contribution in [0.15, 0.2) is 30.4 Å². The number of carbonyl (C=O) groups excluding carboxylic acids is 1. The quantitative estimate of drug-likeness (QED) is 0.294. The molecule has 0 atom stereocenters. The number of hydrogen-bond donors (Lipinski definition) is 3. The average molecular weight is 401 g/mol. The normalized spacial score (nSPS) is 11.5. The summed E-state index contributed by atoms with van der Waals surface area (Å²) in [4.78, 5) is 29.1. The van der Waals surface area contributed by atoms with Crippen molar-refractivity contribution in [2.45, 2.75) is 18.8 Å². The topological polar surface area (TPSA) is 104 Å². The highest BCUT2D eigenvalue weighted by Crippen LogP contribution is 2.36. The van der Waals surface area contributed by atoms with Crippen molar-refractivity contribution >= 4 is 18.3 Å². The van der Waals surface area contributed by atoms with E-state index in [4.69, 9.17) is 10.2 Å². The van der Waals surface area contributed by atoms with Gasteiger partial charge in [0.2, 0.25) is 6.41 Å². The molecule has 0 saturated heterocycles.